The molecule has 0 atom stereocenters. The predicted molar refractivity (Wildman–Crippen MR) is 117 cm³/mol. The van der Waals surface area contributed by atoms with Gasteiger partial charge in [-0.1, -0.05) is 84.4 Å². The van der Waals surface area contributed by atoms with Crippen molar-refractivity contribution in [1.82, 2.24) is 4.98 Å². The Morgan fingerprint density at radius 3 is 2.11 bits per heavy atom. The van der Waals surface area contributed by atoms with E-state index in [1.165, 1.54) is 0 Å². The molecule has 0 aliphatic rings. The highest BCUT2D eigenvalue weighted by Gasteiger charge is 2.10. The average molecular weight is 384 g/mol. The molecule has 2 N–H and O–H groups in total. The lowest BCUT2D eigenvalue weighted by Gasteiger charge is -2.10. The third kappa shape index (κ3) is 3.95. The van der Waals surface area contributed by atoms with Crippen LogP contribution < -0.4 is 5.73 Å². The Bertz CT molecular complexity index is 1120. The molecule has 28 heavy (non-hydrogen) atoms. The van der Waals surface area contributed by atoms with Crippen LogP contribution in [0.1, 0.15) is 5.56 Å². The van der Waals surface area contributed by atoms with Gasteiger partial charge in [-0.25, -0.2) is 9.98 Å². The topological polar surface area (TPSA) is 51.3 Å². The minimum absolute atomic E-state index is 0.375. The van der Waals surface area contributed by atoms with Crippen molar-refractivity contribution in [2.45, 2.75) is 0 Å². The van der Waals surface area contributed by atoms with Gasteiger partial charge < -0.3 is 5.73 Å². The van der Waals surface area contributed by atoms with Gasteiger partial charge in [0.15, 0.2) is 5.82 Å². The third-order valence-electron chi connectivity index (χ3n) is 4.41. The quantitative estimate of drug-likeness (QED) is 0.341. The van der Waals surface area contributed by atoms with Gasteiger partial charge in [0.2, 0.25) is 0 Å². The number of hydrogen-bond donors (Lipinski definition) is 1. The van der Waals surface area contributed by atoms with Crippen LogP contribution in [0.25, 0.3) is 22.3 Å². The van der Waals surface area contributed by atoms with E-state index in [1.807, 2.05) is 66.9 Å². The molecule has 0 bridgehead atoms. The van der Waals surface area contributed by atoms with E-state index in [9.17, 15) is 0 Å². The first-order chi connectivity index (χ1) is 13.7. The fourth-order valence-corrected chi connectivity index (χ4v) is 3.18. The number of nitrogens with zero attached hydrogens (tertiary/aromatic N) is 2. The predicted octanol–water partition coefficient (Wildman–Crippen LogP) is 6.11. The van der Waals surface area contributed by atoms with Gasteiger partial charge in [-0.3, -0.25) is 0 Å². The van der Waals surface area contributed by atoms with Crippen LogP contribution in [0.15, 0.2) is 102 Å². The molecule has 1 aromatic heterocycles. The maximum Gasteiger partial charge on any atom is 0.162 e. The number of rotatable bonds is 4. The maximum absolute atomic E-state index is 6.24. The van der Waals surface area contributed by atoms with E-state index in [-0.39, 0.29) is 0 Å². The van der Waals surface area contributed by atoms with E-state index >= 15 is 0 Å². The second-order valence-corrected chi connectivity index (χ2v) is 6.77. The van der Waals surface area contributed by atoms with E-state index in [0.29, 0.717) is 16.7 Å². The smallest absolute Gasteiger partial charge is 0.162 e. The Hall–Kier alpha value is -3.43. The summed E-state index contributed by atoms with van der Waals surface area (Å²) in [7, 11) is 0. The zero-order valence-corrected chi connectivity index (χ0v) is 15.8. The van der Waals surface area contributed by atoms with Gasteiger partial charge >= 0.3 is 0 Å². The first-order valence-electron chi connectivity index (χ1n) is 8.92. The van der Waals surface area contributed by atoms with Crippen molar-refractivity contribution in [3.63, 3.8) is 0 Å². The minimum Gasteiger partial charge on any atom is -0.383 e. The lowest BCUT2D eigenvalue weighted by molar-refractivity contribution is 1.26. The van der Waals surface area contributed by atoms with E-state index < -0.39 is 0 Å². The number of hydrogen-bond acceptors (Lipinski definition) is 2. The molecule has 0 unspecified atom stereocenters. The summed E-state index contributed by atoms with van der Waals surface area (Å²) >= 11 is 6.08. The summed E-state index contributed by atoms with van der Waals surface area (Å²) in [6, 6.07) is 29.7. The molecule has 4 heteroatoms. The Morgan fingerprint density at radius 1 is 0.750 bits per heavy atom. The van der Waals surface area contributed by atoms with Gasteiger partial charge in [-0.2, -0.15) is 0 Å². The first-order valence-corrected chi connectivity index (χ1v) is 9.29. The average Bonchev–Trinajstić information content (AvgIpc) is 2.75. The van der Waals surface area contributed by atoms with Crippen molar-refractivity contribution in [2.75, 3.05) is 0 Å². The summed E-state index contributed by atoms with van der Waals surface area (Å²) in [5.41, 5.74) is 11.1. The fourth-order valence-electron chi connectivity index (χ4n) is 2.99. The molecule has 0 saturated heterocycles. The maximum atomic E-state index is 6.24. The molecule has 0 spiro atoms. The first kappa shape index (κ1) is 18.0. The molecule has 0 fully saturated rings. The lowest BCUT2D eigenvalue weighted by Crippen LogP contribution is -2.12. The molecule has 1 heterocycles. The summed E-state index contributed by atoms with van der Waals surface area (Å²) in [5, 5.41) is 0.617. The van der Waals surface area contributed by atoms with Gasteiger partial charge in [0.25, 0.3) is 0 Å². The number of aliphatic imine (C=N–C) groups is 1. The lowest BCUT2D eigenvalue weighted by atomic mass is 10.0. The van der Waals surface area contributed by atoms with Crippen LogP contribution >= 0.6 is 11.6 Å². The van der Waals surface area contributed by atoms with Crippen LogP contribution in [-0.4, -0.2) is 10.8 Å². The highest BCUT2D eigenvalue weighted by atomic mass is 35.5. The van der Waals surface area contributed by atoms with Crippen LogP contribution in [0.2, 0.25) is 5.02 Å². The van der Waals surface area contributed by atoms with Crippen LogP contribution in [0.5, 0.6) is 0 Å². The summed E-state index contributed by atoms with van der Waals surface area (Å²) in [5.74, 6) is 0.947. The molecule has 0 saturated carbocycles. The molecule has 136 valence electrons. The molecule has 0 radical (unpaired) electrons. The molecule has 4 rings (SSSR count). The van der Waals surface area contributed by atoms with Gasteiger partial charge in [-0.15, -0.1) is 0 Å². The standard InChI is InChI=1S/C24H18ClN3/c25-21-13-7-12-19(14-21)23(26)28-24-22(18-10-5-2-6-11-18)15-20(16-27-24)17-8-3-1-4-9-17/h1-16H,(H2,26,27,28). The number of benzene rings is 3. The van der Waals surface area contributed by atoms with Crippen molar-refractivity contribution in [3.05, 3.63) is 108 Å². The van der Waals surface area contributed by atoms with Crippen LogP contribution in [-0.2, 0) is 0 Å². The second kappa shape index (κ2) is 8.07. The number of halogens is 1. The van der Waals surface area contributed by atoms with Gasteiger partial charge in [0.1, 0.15) is 5.84 Å². The Kier molecular flexibility index (Phi) is 5.18. The number of aromatic nitrogens is 1. The molecule has 0 aliphatic heterocycles. The summed E-state index contributed by atoms with van der Waals surface area (Å²) in [6.07, 6.45) is 1.83. The van der Waals surface area contributed by atoms with Crippen molar-refractivity contribution in [2.24, 2.45) is 10.7 Å². The Balaban J connectivity index is 1.84. The van der Waals surface area contributed by atoms with Crippen molar-refractivity contribution in [3.8, 4) is 22.3 Å². The molecular formula is C24H18ClN3. The molecule has 0 amide bonds. The van der Waals surface area contributed by atoms with E-state index in [4.69, 9.17) is 17.3 Å². The van der Waals surface area contributed by atoms with Gasteiger partial charge in [0.05, 0.1) is 0 Å². The van der Waals surface area contributed by atoms with E-state index in [2.05, 4.69) is 28.2 Å². The van der Waals surface area contributed by atoms with Gasteiger partial charge in [0, 0.05) is 27.9 Å². The van der Waals surface area contributed by atoms with Crippen LogP contribution in [0, 0.1) is 0 Å². The zero-order valence-electron chi connectivity index (χ0n) is 15.1. The second-order valence-electron chi connectivity index (χ2n) is 6.33. The fraction of sp³-hybridized carbons (Fsp3) is 0. The highest BCUT2D eigenvalue weighted by molar-refractivity contribution is 6.31. The largest absolute Gasteiger partial charge is 0.383 e. The Labute approximate surface area is 169 Å². The van der Waals surface area contributed by atoms with Crippen molar-refractivity contribution < 1.29 is 0 Å². The van der Waals surface area contributed by atoms with Crippen LogP contribution in [0.4, 0.5) is 5.82 Å². The number of nitrogens with two attached hydrogens (primary N) is 1. The van der Waals surface area contributed by atoms with E-state index in [1.54, 1.807) is 12.1 Å². The molecule has 3 nitrogen and oxygen atoms in total. The normalized spacial score (nSPS) is 11.4. The number of amidine groups is 1. The SMILES string of the molecule is NC(=Nc1ncc(-c2ccccc2)cc1-c1ccccc1)c1cccc(Cl)c1. The third-order valence-corrected chi connectivity index (χ3v) is 4.64. The van der Waals surface area contributed by atoms with Crippen LogP contribution in [0.3, 0.4) is 0 Å². The van der Waals surface area contributed by atoms with Gasteiger partial charge in [-0.05, 0) is 29.3 Å². The zero-order chi connectivity index (χ0) is 19.3. The molecule has 0 aliphatic carbocycles. The molecule has 3 aromatic carbocycles. The summed E-state index contributed by atoms with van der Waals surface area (Å²) in [4.78, 5) is 9.23. The van der Waals surface area contributed by atoms with Crippen molar-refractivity contribution in [1.29, 1.82) is 0 Å². The highest BCUT2D eigenvalue weighted by Crippen LogP contribution is 2.32. The monoisotopic (exact) mass is 383 g/mol. The Morgan fingerprint density at radius 2 is 1.43 bits per heavy atom. The minimum atomic E-state index is 0.375. The van der Waals surface area contributed by atoms with Crippen molar-refractivity contribution >= 4 is 23.3 Å². The number of pyridine rings is 1. The molecule has 4 aromatic rings. The molecular weight excluding hydrogens is 366 g/mol. The summed E-state index contributed by atoms with van der Waals surface area (Å²) in [6.45, 7) is 0. The van der Waals surface area contributed by atoms with E-state index in [0.717, 1.165) is 27.8 Å². The summed E-state index contributed by atoms with van der Waals surface area (Å²) < 4.78 is 0.